The van der Waals surface area contributed by atoms with Crippen molar-refractivity contribution in [2.24, 2.45) is 0 Å². The third-order valence-electron chi connectivity index (χ3n) is 2.40. The highest BCUT2D eigenvalue weighted by atomic mass is 32.1. The minimum Gasteiger partial charge on any atom is -0.457 e. The molecule has 0 aromatic carbocycles. The molecule has 0 bridgehead atoms. The number of esters is 1. The maximum Gasteiger partial charge on any atom is 0.312 e. The van der Waals surface area contributed by atoms with Crippen LogP contribution in [-0.4, -0.2) is 31.2 Å². The van der Waals surface area contributed by atoms with Gasteiger partial charge in [0.25, 0.3) is 0 Å². The van der Waals surface area contributed by atoms with Crippen molar-refractivity contribution in [3.05, 3.63) is 21.9 Å². The van der Waals surface area contributed by atoms with E-state index in [9.17, 15) is 4.79 Å². The molecule has 2 rings (SSSR count). The average Bonchev–Trinajstić information content (AvgIpc) is 2.97. The molecule has 0 spiro atoms. The highest BCUT2D eigenvalue weighted by molar-refractivity contribution is 7.09. The van der Waals surface area contributed by atoms with Gasteiger partial charge in [-0.3, -0.25) is 4.79 Å². The summed E-state index contributed by atoms with van der Waals surface area (Å²) >= 11 is 1.52. The zero-order chi connectivity index (χ0) is 13.7. The summed E-state index contributed by atoms with van der Waals surface area (Å²) in [5.74, 6) is 0.237. The van der Waals surface area contributed by atoms with Crippen LogP contribution in [0.5, 0.6) is 0 Å². The van der Waals surface area contributed by atoms with Gasteiger partial charge >= 0.3 is 5.97 Å². The maximum absolute atomic E-state index is 11.7. The molecule has 0 saturated carbocycles. The molecule has 0 radical (unpaired) electrons. The lowest BCUT2D eigenvalue weighted by atomic mass is 10.3. The molecule has 7 nitrogen and oxygen atoms in total. The van der Waals surface area contributed by atoms with Crippen molar-refractivity contribution in [3.63, 3.8) is 0 Å². The zero-order valence-electron chi connectivity index (χ0n) is 10.9. The third kappa shape index (κ3) is 3.82. The fourth-order valence-corrected chi connectivity index (χ4v) is 2.16. The van der Waals surface area contributed by atoms with Gasteiger partial charge in [0.05, 0.1) is 17.1 Å². The van der Waals surface area contributed by atoms with Crippen LogP contribution in [0, 0.1) is 6.92 Å². The van der Waals surface area contributed by atoms with E-state index in [1.165, 1.54) is 11.3 Å². The topological polar surface area (TPSA) is 82.8 Å². The summed E-state index contributed by atoms with van der Waals surface area (Å²) in [7, 11) is 0. The molecule has 8 heteroatoms. The summed E-state index contributed by atoms with van der Waals surface area (Å²) in [6.45, 7) is 4.74. The molecule has 0 aliphatic heterocycles. The molecule has 0 aliphatic rings. The van der Waals surface area contributed by atoms with Crippen molar-refractivity contribution >= 4 is 17.3 Å². The summed E-state index contributed by atoms with van der Waals surface area (Å²) in [4.78, 5) is 15.9. The van der Waals surface area contributed by atoms with E-state index in [4.69, 9.17) is 4.74 Å². The number of thiazole rings is 1. The number of aryl methyl sites for hydroxylation is 2. The SMILES string of the molecule is CCCn1nnnc1COC(=O)Cc1csc(C)n1. The van der Waals surface area contributed by atoms with Gasteiger partial charge in [0.2, 0.25) is 0 Å². The number of nitrogens with zero attached hydrogens (tertiary/aromatic N) is 5. The number of rotatable bonds is 6. The number of ether oxygens (including phenoxy) is 1. The Labute approximate surface area is 114 Å². The van der Waals surface area contributed by atoms with Crippen molar-refractivity contribution in [1.29, 1.82) is 0 Å². The number of aromatic nitrogens is 5. The van der Waals surface area contributed by atoms with Crippen molar-refractivity contribution in [3.8, 4) is 0 Å². The van der Waals surface area contributed by atoms with E-state index in [0.29, 0.717) is 12.4 Å². The lowest BCUT2D eigenvalue weighted by molar-refractivity contribution is -0.144. The Bertz CT molecular complexity index is 551. The van der Waals surface area contributed by atoms with Crippen LogP contribution in [0.2, 0.25) is 0 Å². The van der Waals surface area contributed by atoms with E-state index in [1.807, 2.05) is 19.2 Å². The number of carbonyl (C=O) groups is 1. The summed E-state index contributed by atoms with van der Waals surface area (Å²) in [5, 5.41) is 14.0. The molecule has 0 N–H and O–H groups in total. The highest BCUT2D eigenvalue weighted by Crippen LogP contribution is 2.09. The molecule has 102 valence electrons. The molecular formula is C11H15N5O2S. The Morgan fingerprint density at radius 2 is 2.37 bits per heavy atom. The van der Waals surface area contributed by atoms with Crippen LogP contribution < -0.4 is 0 Å². The maximum atomic E-state index is 11.7. The zero-order valence-corrected chi connectivity index (χ0v) is 11.7. The Morgan fingerprint density at radius 1 is 1.53 bits per heavy atom. The second-order valence-electron chi connectivity index (χ2n) is 4.01. The largest absolute Gasteiger partial charge is 0.457 e. The van der Waals surface area contributed by atoms with Gasteiger partial charge in [0.15, 0.2) is 12.4 Å². The predicted octanol–water partition coefficient (Wildman–Crippen LogP) is 1.13. The van der Waals surface area contributed by atoms with Crippen molar-refractivity contribution in [2.45, 2.75) is 39.8 Å². The molecule has 0 fully saturated rings. The molecule has 0 unspecified atom stereocenters. The Hall–Kier alpha value is -1.83. The number of tetrazole rings is 1. The van der Waals surface area contributed by atoms with E-state index in [-0.39, 0.29) is 19.0 Å². The predicted molar refractivity (Wildman–Crippen MR) is 68.5 cm³/mol. The van der Waals surface area contributed by atoms with Crippen LogP contribution >= 0.6 is 11.3 Å². The quantitative estimate of drug-likeness (QED) is 0.738. The van der Waals surface area contributed by atoms with Crippen molar-refractivity contribution in [2.75, 3.05) is 0 Å². The van der Waals surface area contributed by atoms with E-state index in [2.05, 4.69) is 20.5 Å². The molecule has 19 heavy (non-hydrogen) atoms. The van der Waals surface area contributed by atoms with Crippen molar-refractivity contribution < 1.29 is 9.53 Å². The highest BCUT2D eigenvalue weighted by Gasteiger charge is 2.11. The lowest BCUT2D eigenvalue weighted by Crippen LogP contribution is -2.12. The minimum atomic E-state index is -0.323. The first kappa shape index (κ1) is 13.6. The molecule has 0 amide bonds. The first-order valence-corrected chi connectivity index (χ1v) is 6.88. The number of hydrogen-bond donors (Lipinski definition) is 0. The van der Waals surface area contributed by atoms with Crippen LogP contribution in [0.25, 0.3) is 0 Å². The Kier molecular flexibility index (Phi) is 4.56. The van der Waals surface area contributed by atoms with E-state index in [0.717, 1.165) is 17.1 Å². The van der Waals surface area contributed by atoms with Gasteiger partial charge in [0.1, 0.15) is 0 Å². The van der Waals surface area contributed by atoms with Gasteiger partial charge < -0.3 is 4.74 Å². The summed E-state index contributed by atoms with van der Waals surface area (Å²) in [6, 6.07) is 0. The molecule has 0 atom stereocenters. The number of hydrogen-bond acceptors (Lipinski definition) is 7. The fraction of sp³-hybridized carbons (Fsp3) is 0.545. The number of carbonyl (C=O) groups excluding carboxylic acids is 1. The summed E-state index contributed by atoms with van der Waals surface area (Å²) in [5.41, 5.74) is 0.737. The second-order valence-corrected chi connectivity index (χ2v) is 5.08. The Morgan fingerprint density at radius 3 is 3.05 bits per heavy atom. The second kappa shape index (κ2) is 6.37. The van der Waals surface area contributed by atoms with Crippen LogP contribution in [0.4, 0.5) is 0 Å². The molecular weight excluding hydrogens is 266 g/mol. The summed E-state index contributed by atoms with van der Waals surface area (Å²) in [6.07, 6.45) is 1.10. The first-order valence-electron chi connectivity index (χ1n) is 6.00. The molecule has 0 saturated heterocycles. The van der Waals surface area contributed by atoms with Crippen LogP contribution in [-0.2, 0) is 29.1 Å². The lowest BCUT2D eigenvalue weighted by Gasteiger charge is -2.04. The van der Waals surface area contributed by atoms with Gasteiger partial charge in [-0.1, -0.05) is 6.92 Å². The third-order valence-corrected chi connectivity index (χ3v) is 3.22. The van der Waals surface area contributed by atoms with Gasteiger partial charge in [-0.05, 0) is 23.8 Å². The van der Waals surface area contributed by atoms with Gasteiger partial charge in [-0.15, -0.1) is 16.4 Å². The van der Waals surface area contributed by atoms with Crippen molar-refractivity contribution in [1.82, 2.24) is 25.2 Å². The van der Waals surface area contributed by atoms with Crippen LogP contribution in [0.3, 0.4) is 0 Å². The standard InChI is InChI=1S/C11H15N5O2S/c1-3-4-16-10(13-14-15-16)6-18-11(17)5-9-7-19-8(2)12-9/h7H,3-6H2,1-2H3. The van der Waals surface area contributed by atoms with E-state index >= 15 is 0 Å². The minimum absolute atomic E-state index is 0.0922. The molecule has 0 aliphatic carbocycles. The van der Waals surface area contributed by atoms with Crippen LogP contribution in [0.1, 0.15) is 29.9 Å². The molecule has 2 heterocycles. The van der Waals surface area contributed by atoms with Crippen LogP contribution in [0.15, 0.2) is 5.38 Å². The monoisotopic (exact) mass is 281 g/mol. The molecule has 2 aromatic heterocycles. The fourth-order valence-electron chi connectivity index (χ4n) is 1.55. The van der Waals surface area contributed by atoms with Gasteiger partial charge in [0, 0.05) is 11.9 Å². The molecule has 2 aromatic rings. The van der Waals surface area contributed by atoms with E-state index < -0.39 is 0 Å². The van der Waals surface area contributed by atoms with E-state index in [1.54, 1.807) is 4.68 Å². The van der Waals surface area contributed by atoms with Gasteiger partial charge in [-0.2, -0.15) is 0 Å². The van der Waals surface area contributed by atoms with Gasteiger partial charge in [-0.25, -0.2) is 9.67 Å². The Balaban J connectivity index is 1.84. The first-order chi connectivity index (χ1) is 9.19. The summed E-state index contributed by atoms with van der Waals surface area (Å²) < 4.78 is 6.79. The smallest absolute Gasteiger partial charge is 0.312 e. The normalized spacial score (nSPS) is 10.6. The average molecular weight is 281 g/mol.